The number of aryl methyl sites for hydroxylation is 2. The third kappa shape index (κ3) is 4.08. The Balaban J connectivity index is 1.43. The zero-order chi connectivity index (χ0) is 26.7. The fourth-order valence-electron chi connectivity index (χ4n) is 5.70. The average Bonchev–Trinajstić information content (AvgIpc) is 3.65. The Bertz CT molecular complexity index is 1480. The average molecular weight is 537 g/mol. The van der Waals surface area contributed by atoms with Gasteiger partial charge in [0.05, 0.1) is 11.4 Å². The summed E-state index contributed by atoms with van der Waals surface area (Å²) in [7, 11) is 0. The summed E-state index contributed by atoms with van der Waals surface area (Å²) in [5, 5.41) is 2.96. The summed E-state index contributed by atoms with van der Waals surface area (Å²) in [6.07, 6.45) is 6.98. The second-order valence-electron chi connectivity index (χ2n) is 10.7. The highest BCUT2D eigenvalue weighted by atomic mass is 35.5. The molecule has 1 aliphatic heterocycles. The van der Waals surface area contributed by atoms with Gasteiger partial charge in [0, 0.05) is 47.9 Å². The van der Waals surface area contributed by atoms with Crippen LogP contribution < -0.4 is 5.32 Å². The van der Waals surface area contributed by atoms with Crippen LogP contribution >= 0.6 is 11.6 Å². The van der Waals surface area contributed by atoms with Crippen molar-refractivity contribution in [2.75, 3.05) is 11.9 Å². The molecule has 0 radical (unpaired) electrons. The molecule has 0 atom stereocenters. The number of amides is 1. The number of aromatic amines is 1. The molecule has 10 heteroatoms. The lowest BCUT2D eigenvalue weighted by Gasteiger charge is -2.29. The zero-order valence-corrected chi connectivity index (χ0v) is 22.5. The molecule has 0 spiro atoms. The molecule has 1 amide bonds. The normalized spacial score (nSPS) is 16.4. The molecule has 3 aromatic rings. The summed E-state index contributed by atoms with van der Waals surface area (Å²) >= 11 is 6.20. The summed E-state index contributed by atoms with van der Waals surface area (Å²) in [5.74, 6) is -0.697. The molecule has 3 aromatic heterocycles. The first kappa shape index (κ1) is 25.0. The largest absolute Gasteiger partial charge is 0.357 e. The topological polar surface area (TPSA) is 104 Å². The fraction of sp³-hybridized carbons (Fsp3) is 0.464. The molecule has 2 N–H and O–H groups in total. The van der Waals surface area contributed by atoms with Gasteiger partial charge in [0.1, 0.15) is 11.4 Å². The highest BCUT2D eigenvalue weighted by molar-refractivity contribution is 6.28. The van der Waals surface area contributed by atoms with E-state index in [4.69, 9.17) is 11.6 Å². The Labute approximate surface area is 225 Å². The second-order valence-corrected chi connectivity index (χ2v) is 11.0. The molecule has 38 heavy (non-hydrogen) atoms. The number of nitrogens with one attached hydrogen (secondary N) is 2. The number of pyridine rings is 1. The molecule has 198 valence electrons. The van der Waals surface area contributed by atoms with Crippen LogP contribution in [-0.2, 0) is 25.7 Å². The van der Waals surface area contributed by atoms with E-state index < -0.39 is 5.82 Å². The van der Waals surface area contributed by atoms with E-state index in [-0.39, 0.29) is 40.6 Å². The van der Waals surface area contributed by atoms with Crippen LogP contribution in [0.5, 0.6) is 0 Å². The SMILES string of the molecule is CCCc1[nH]c2c(c1C(=O)C(C)C)CCc1cnc(Nc3nc(Cl)nc4c3C(=O)N(C3CC3)CC4)c(F)c1-2. The van der Waals surface area contributed by atoms with E-state index in [0.29, 0.717) is 60.3 Å². The van der Waals surface area contributed by atoms with Gasteiger partial charge in [0.25, 0.3) is 5.91 Å². The third-order valence-corrected chi connectivity index (χ3v) is 7.86. The third-order valence-electron chi connectivity index (χ3n) is 7.69. The molecule has 0 aromatic carbocycles. The van der Waals surface area contributed by atoms with Crippen molar-refractivity contribution in [3.8, 4) is 11.3 Å². The number of hydrogen-bond acceptors (Lipinski definition) is 6. The minimum absolute atomic E-state index is 0.00927. The predicted octanol–water partition coefficient (Wildman–Crippen LogP) is 5.45. The van der Waals surface area contributed by atoms with E-state index in [1.165, 1.54) is 0 Å². The molecule has 1 fully saturated rings. The molecule has 4 heterocycles. The molecule has 3 aliphatic rings. The van der Waals surface area contributed by atoms with E-state index in [2.05, 4.69) is 32.2 Å². The van der Waals surface area contributed by atoms with Crippen molar-refractivity contribution in [2.45, 2.75) is 71.8 Å². The van der Waals surface area contributed by atoms with Gasteiger partial charge < -0.3 is 15.2 Å². The van der Waals surface area contributed by atoms with E-state index >= 15 is 4.39 Å². The molecule has 8 nitrogen and oxygen atoms in total. The first-order valence-corrected chi connectivity index (χ1v) is 13.8. The maximum Gasteiger partial charge on any atom is 0.259 e. The summed E-state index contributed by atoms with van der Waals surface area (Å²) in [6, 6.07) is 0.240. The molecule has 0 unspecified atom stereocenters. The Morgan fingerprint density at radius 1 is 1.21 bits per heavy atom. The number of rotatable bonds is 7. The van der Waals surface area contributed by atoms with E-state index in [1.807, 2.05) is 18.7 Å². The molecule has 0 bridgehead atoms. The first-order valence-electron chi connectivity index (χ1n) is 13.4. The van der Waals surface area contributed by atoms with Crippen molar-refractivity contribution in [1.82, 2.24) is 24.8 Å². The maximum absolute atomic E-state index is 16.2. The number of ketones is 1. The number of halogens is 2. The summed E-state index contributed by atoms with van der Waals surface area (Å²) in [5.41, 5.74) is 5.13. The number of anilines is 2. The van der Waals surface area contributed by atoms with Gasteiger partial charge in [0.2, 0.25) is 5.28 Å². The summed E-state index contributed by atoms with van der Waals surface area (Å²) in [6.45, 7) is 6.42. The van der Waals surface area contributed by atoms with Crippen molar-refractivity contribution in [3.05, 3.63) is 50.9 Å². The van der Waals surface area contributed by atoms with Gasteiger partial charge in [-0.25, -0.2) is 14.4 Å². The number of Topliss-reactive ketones (excluding diaryl/α,β-unsaturated/α-hetero) is 1. The molecule has 6 rings (SSSR count). The quantitative estimate of drug-likeness (QED) is 0.307. The standard InChI is InChI=1S/C28H30ClFN6O2/c1-4-5-17-20(24(37)13(2)3)16-9-6-14-12-31-26(22(30)19(14)23(16)32-17)34-25-21-18(33-28(29)35-25)10-11-36(27(21)38)15-7-8-15/h12-13,15,32H,4-11H2,1-3H3,(H,31,33,34,35). The molecule has 0 saturated heterocycles. The summed E-state index contributed by atoms with van der Waals surface area (Å²) in [4.78, 5) is 44.6. The van der Waals surface area contributed by atoms with Crippen LogP contribution in [0, 0.1) is 11.7 Å². The van der Waals surface area contributed by atoms with Crippen LogP contribution in [0.15, 0.2) is 6.20 Å². The van der Waals surface area contributed by atoms with Crippen LogP contribution in [0.2, 0.25) is 5.28 Å². The smallest absolute Gasteiger partial charge is 0.259 e. The number of hydrogen-bond donors (Lipinski definition) is 2. The number of aromatic nitrogens is 4. The fourth-order valence-corrected chi connectivity index (χ4v) is 5.89. The van der Waals surface area contributed by atoms with Gasteiger partial charge in [-0.3, -0.25) is 9.59 Å². The van der Waals surface area contributed by atoms with Crippen LogP contribution in [0.3, 0.4) is 0 Å². The monoisotopic (exact) mass is 536 g/mol. The second kappa shape index (κ2) is 9.45. The predicted molar refractivity (Wildman–Crippen MR) is 143 cm³/mol. The lowest BCUT2D eigenvalue weighted by Crippen LogP contribution is -2.40. The highest BCUT2D eigenvalue weighted by Gasteiger charge is 2.39. The highest BCUT2D eigenvalue weighted by Crippen LogP contribution is 2.41. The number of carbonyl (C=O) groups is 2. The summed E-state index contributed by atoms with van der Waals surface area (Å²) < 4.78 is 16.2. The van der Waals surface area contributed by atoms with E-state index in [0.717, 1.165) is 36.1 Å². The Hall–Kier alpha value is -3.33. The molecule has 1 saturated carbocycles. The van der Waals surface area contributed by atoms with E-state index in [1.54, 1.807) is 6.20 Å². The van der Waals surface area contributed by atoms with Crippen molar-refractivity contribution < 1.29 is 14.0 Å². The number of carbonyl (C=O) groups excluding carboxylic acids is 2. The maximum atomic E-state index is 16.2. The Morgan fingerprint density at radius 2 is 2.00 bits per heavy atom. The van der Waals surface area contributed by atoms with E-state index in [9.17, 15) is 9.59 Å². The van der Waals surface area contributed by atoms with Crippen LogP contribution in [0.25, 0.3) is 11.3 Å². The number of nitrogens with zero attached hydrogens (tertiary/aromatic N) is 4. The lowest BCUT2D eigenvalue weighted by molar-refractivity contribution is 0.0725. The van der Waals surface area contributed by atoms with Gasteiger partial charge in [-0.05, 0) is 54.8 Å². The number of H-pyrrole nitrogens is 1. The lowest BCUT2D eigenvalue weighted by atomic mass is 9.86. The van der Waals surface area contributed by atoms with Gasteiger partial charge in [-0.2, -0.15) is 4.98 Å². The first-order chi connectivity index (χ1) is 18.3. The van der Waals surface area contributed by atoms with Gasteiger partial charge in [-0.15, -0.1) is 0 Å². The van der Waals surface area contributed by atoms with Gasteiger partial charge >= 0.3 is 0 Å². The zero-order valence-electron chi connectivity index (χ0n) is 21.8. The minimum atomic E-state index is -0.554. The van der Waals surface area contributed by atoms with Crippen LogP contribution in [-0.4, -0.2) is 49.1 Å². The molecule has 2 aliphatic carbocycles. The van der Waals surface area contributed by atoms with Crippen molar-refractivity contribution in [3.63, 3.8) is 0 Å². The Kier molecular flexibility index (Phi) is 6.21. The Morgan fingerprint density at radius 3 is 2.71 bits per heavy atom. The van der Waals surface area contributed by atoms with Crippen molar-refractivity contribution >= 4 is 34.9 Å². The van der Waals surface area contributed by atoms with Crippen molar-refractivity contribution in [2.24, 2.45) is 5.92 Å². The van der Waals surface area contributed by atoms with Crippen LogP contribution in [0.4, 0.5) is 16.0 Å². The van der Waals surface area contributed by atoms with Gasteiger partial charge in [0.15, 0.2) is 17.4 Å². The van der Waals surface area contributed by atoms with Crippen LogP contribution in [0.1, 0.15) is 83.3 Å². The van der Waals surface area contributed by atoms with Crippen molar-refractivity contribution in [1.29, 1.82) is 0 Å². The number of fused-ring (bicyclic) bond motifs is 4. The molecular formula is C28H30ClFN6O2. The minimum Gasteiger partial charge on any atom is -0.357 e. The molecular weight excluding hydrogens is 507 g/mol. The van der Waals surface area contributed by atoms with Gasteiger partial charge in [-0.1, -0.05) is 27.2 Å².